The van der Waals surface area contributed by atoms with Gasteiger partial charge in [-0.15, -0.1) is 10.2 Å². The zero-order chi connectivity index (χ0) is 14.4. The third-order valence-electron chi connectivity index (χ3n) is 2.66. The Kier molecular flexibility index (Phi) is 5.19. The standard InChI is InChI=1S/C12H17N5O2S/c1-2-17-10(6-13)15-16-12(17)20-8-11(18)14-7-9-4-3-5-19-9/h3-5H,2,6-8,13H2,1H3,(H,14,18). The summed E-state index contributed by atoms with van der Waals surface area (Å²) in [5, 5.41) is 11.5. The molecule has 0 aliphatic carbocycles. The summed E-state index contributed by atoms with van der Waals surface area (Å²) in [6.07, 6.45) is 1.58. The van der Waals surface area contributed by atoms with Gasteiger partial charge in [0.2, 0.25) is 5.91 Å². The zero-order valence-electron chi connectivity index (χ0n) is 11.2. The van der Waals surface area contributed by atoms with E-state index in [4.69, 9.17) is 10.2 Å². The number of hydrogen-bond donors (Lipinski definition) is 2. The van der Waals surface area contributed by atoms with Crippen LogP contribution in [0.25, 0.3) is 0 Å². The summed E-state index contributed by atoms with van der Waals surface area (Å²) >= 11 is 1.34. The van der Waals surface area contributed by atoms with Gasteiger partial charge in [0, 0.05) is 6.54 Å². The fraction of sp³-hybridized carbons (Fsp3) is 0.417. The minimum Gasteiger partial charge on any atom is -0.467 e. The summed E-state index contributed by atoms with van der Waals surface area (Å²) in [4.78, 5) is 11.7. The van der Waals surface area contributed by atoms with Crippen LogP contribution in [0.2, 0.25) is 0 Å². The molecule has 1 amide bonds. The van der Waals surface area contributed by atoms with Crippen molar-refractivity contribution < 1.29 is 9.21 Å². The number of carbonyl (C=O) groups is 1. The number of amides is 1. The topological polar surface area (TPSA) is 99.0 Å². The molecule has 7 nitrogen and oxygen atoms in total. The molecule has 2 rings (SSSR count). The highest BCUT2D eigenvalue weighted by Gasteiger charge is 2.12. The highest BCUT2D eigenvalue weighted by molar-refractivity contribution is 7.99. The van der Waals surface area contributed by atoms with E-state index in [1.807, 2.05) is 17.6 Å². The third-order valence-corrected chi connectivity index (χ3v) is 3.63. The van der Waals surface area contributed by atoms with E-state index in [-0.39, 0.29) is 11.7 Å². The smallest absolute Gasteiger partial charge is 0.230 e. The Bertz CT molecular complexity index is 552. The van der Waals surface area contributed by atoms with Crippen molar-refractivity contribution in [2.24, 2.45) is 5.73 Å². The van der Waals surface area contributed by atoms with E-state index in [2.05, 4.69) is 15.5 Å². The average molecular weight is 295 g/mol. The maximum atomic E-state index is 11.7. The van der Waals surface area contributed by atoms with Crippen molar-refractivity contribution >= 4 is 17.7 Å². The lowest BCUT2D eigenvalue weighted by molar-refractivity contribution is -0.118. The van der Waals surface area contributed by atoms with Crippen molar-refractivity contribution in [3.63, 3.8) is 0 Å². The molecule has 0 saturated carbocycles. The Balaban J connectivity index is 1.82. The monoisotopic (exact) mass is 295 g/mol. The van der Waals surface area contributed by atoms with Crippen molar-refractivity contribution in [3.8, 4) is 0 Å². The van der Waals surface area contributed by atoms with Gasteiger partial charge in [-0.2, -0.15) is 0 Å². The van der Waals surface area contributed by atoms with Crippen LogP contribution in [0.15, 0.2) is 28.0 Å². The first kappa shape index (κ1) is 14.6. The van der Waals surface area contributed by atoms with Crippen LogP contribution < -0.4 is 11.1 Å². The second-order valence-electron chi connectivity index (χ2n) is 3.99. The highest BCUT2D eigenvalue weighted by atomic mass is 32.2. The van der Waals surface area contributed by atoms with Gasteiger partial charge in [0.15, 0.2) is 5.16 Å². The minimum atomic E-state index is -0.0775. The van der Waals surface area contributed by atoms with Crippen LogP contribution in [0, 0.1) is 0 Å². The van der Waals surface area contributed by atoms with Crippen molar-refractivity contribution in [1.82, 2.24) is 20.1 Å². The summed E-state index contributed by atoms with van der Waals surface area (Å²) in [6.45, 7) is 3.45. The number of aromatic nitrogens is 3. The van der Waals surface area contributed by atoms with Gasteiger partial charge in [-0.25, -0.2) is 0 Å². The molecule has 0 atom stereocenters. The van der Waals surface area contributed by atoms with E-state index >= 15 is 0 Å². The van der Waals surface area contributed by atoms with Crippen LogP contribution in [-0.4, -0.2) is 26.4 Å². The van der Waals surface area contributed by atoms with Crippen molar-refractivity contribution in [2.45, 2.75) is 31.7 Å². The number of furan rings is 1. The largest absolute Gasteiger partial charge is 0.467 e. The Labute approximate surface area is 120 Å². The average Bonchev–Trinajstić information content (AvgIpc) is 3.11. The molecule has 0 radical (unpaired) electrons. The number of hydrogen-bond acceptors (Lipinski definition) is 6. The lowest BCUT2D eigenvalue weighted by atomic mass is 10.4. The van der Waals surface area contributed by atoms with Crippen molar-refractivity contribution in [2.75, 3.05) is 5.75 Å². The predicted molar refractivity (Wildman–Crippen MR) is 74.9 cm³/mol. The maximum Gasteiger partial charge on any atom is 0.230 e. The first-order valence-electron chi connectivity index (χ1n) is 6.28. The van der Waals surface area contributed by atoms with E-state index in [0.717, 1.165) is 18.1 Å². The third kappa shape index (κ3) is 3.61. The predicted octanol–water partition coefficient (Wildman–Crippen LogP) is 0.758. The molecular formula is C12H17N5O2S. The molecule has 0 aromatic carbocycles. The molecule has 0 bridgehead atoms. The van der Waals surface area contributed by atoms with Crippen molar-refractivity contribution in [3.05, 3.63) is 30.0 Å². The maximum absolute atomic E-state index is 11.7. The Morgan fingerprint density at radius 3 is 3.05 bits per heavy atom. The molecular weight excluding hydrogens is 278 g/mol. The van der Waals surface area contributed by atoms with E-state index in [9.17, 15) is 4.79 Å². The molecule has 0 saturated heterocycles. The molecule has 8 heteroatoms. The molecule has 0 unspecified atom stereocenters. The fourth-order valence-corrected chi connectivity index (χ4v) is 2.53. The minimum absolute atomic E-state index is 0.0775. The summed E-state index contributed by atoms with van der Waals surface area (Å²) in [7, 11) is 0. The van der Waals surface area contributed by atoms with Crippen LogP contribution in [0.4, 0.5) is 0 Å². The summed E-state index contributed by atoms with van der Waals surface area (Å²) in [5.41, 5.74) is 5.58. The Morgan fingerprint density at radius 2 is 2.40 bits per heavy atom. The first-order chi connectivity index (χ1) is 9.74. The van der Waals surface area contributed by atoms with Crippen LogP contribution in [0.3, 0.4) is 0 Å². The van der Waals surface area contributed by atoms with Crippen molar-refractivity contribution in [1.29, 1.82) is 0 Å². The van der Waals surface area contributed by atoms with Gasteiger partial charge in [-0.1, -0.05) is 11.8 Å². The zero-order valence-corrected chi connectivity index (χ0v) is 12.0. The molecule has 0 spiro atoms. The van der Waals surface area contributed by atoms with Crippen LogP contribution in [-0.2, 0) is 24.4 Å². The van der Waals surface area contributed by atoms with Gasteiger partial charge in [0.25, 0.3) is 0 Å². The van der Waals surface area contributed by atoms with E-state index in [1.165, 1.54) is 11.8 Å². The Hall–Kier alpha value is -1.80. The lowest BCUT2D eigenvalue weighted by Crippen LogP contribution is -2.24. The second kappa shape index (κ2) is 7.11. The number of thioether (sulfide) groups is 1. The Morgan fingerprint density at radius 1 is 1.55 bits per heavy atom. The first-order valence-corrected chi connectivity index (χ1v) is 7.27. The van der Waals surface area contributed by atoms with Gasteiger partial charge in [0.05, 0.1) is 25.1 Å². The molecule has 108 valence electrons. The number of carbonyl (C=O) groups excluding carboxylic acids is 1. The summed E-state index contributed by atoms with van der Waals surface area (Å²) in [5.74, 6) is 1.66. The second-order valence-corrected chi connectivity index (χ2v) is 4.93. The molecule has 0 aliphatic heterocycles. The van der Waals surface area contributed by atoms with Gasteiger partial charge in [0.1, 0.15) is 11.6 Å². The van der Waals surface area contributed by atoms with E-state index in [0.29, 0.717) is 18.2 Å². The van der Waals surface area contributed by atoms with Gasteiger partial charge in [-0.3, -0.25) is 4.79 Å². The fourth-order valence-electron chi connectivity index (χ4n) is 1.67. The highest BCUT2D eigenvalue weighted by Crippen LogP contribution is 2.16. The normalized spacial score (nSPS) is 10.7. The molecule has 2 heterocycles. The SMILES string of the molecule is CCn1c(CN)nnc1SCC(=O)NCc1ccco1. The van der Waals surface area contributed by atoms with Gasteiger partial charge < -0.3 is 20.0 Å². The number of nitrogens with one attached hydrogen (secondary N) is 1. The molecule has 0 fully saturated rings. The summed E-state index contributed by atoms with van der Waals surface area (Å²) in [6, 6.07) is 3.60. The van der Waals surface area contributed by atoms with Crippen LogP contribution in [0.1, 0.15) is 18.5 Å². The summed E-state index contributed by atoms with van der Waals surface area (Å²) < 4.78 is 7.05. The molecule has 2 aromatic heterocycles. The quantitative estimate of drug-likeness (QED) is 0.732. The van der Waals surface area contributed by atoms with Gasteiger partial charge >= 0.3 is 0 Å². The van der Waals surface area contributed by atoms with Gasteiger partial charge in [-0.05, 0) is 19.1 Å². The van der Waals surface area contributed by atoms with E-state index in [1.54, 1.807) is 12.3 Å². The molecule has 0 aliphatic rings. The lowest BCUT2D eigenvalue weighted by Gasteiger charge is -2.06. The number of rotatable bonds is 7. The molecule has 20 heavy (non-hydrogen) atoms. The molecule has 2 aromatic rings. The number of nitrogens with two attached hydrogens (primary N) is 1. The van der Waals surface area contributed by atoms with Crippen LogP contribution in [0.5, 0.6) is 0 Å². The van der Waals surface area contributed by atoms with E-state index < -0.39 is 0 Å². The number of nitrogens with zero attached hydrogens (tertiary/aromatic N) is 3. The molecule has 3 N–H and O–H groups in total. The van der Waals surface area contributed by atoms with Crippen LogP contribution >= 0.6 is 11.8 Å².